The molecule has 0 radical (unpaired) electrons. The molecule has 1 amide bonds. The van der Waals surface area contributed by atoms with E-state index in [2.05, 4.69) is 63.6 Å². The summed E-state index contributed by atoms with van der Waals surface area (Å²) in [7, 11) is 2.04. The minimum atomic E-state index is 0.0119. The summed E-state index contributed by atoms with van der Waals surface area (Å²) in [5.74, 6) is 0.0119. The fourth-order valence-corrected chi connectivity index (χ4v) is 6.09. The van der Waals surface area contributed by atoms with Gasteiger partial charge in [0, 0.05) is 55.2 Å². The second kappa shape index (κ2) is 11.3. The molecule has 1 aliphatic heterocycles. The lowest BCUT2D eigenvalue weighted by Crippen LogP contribution is -2.24. The Morgan fingerprint density at radius 3 is 2.64 bits per heavy atom. The van der Waals surface area contributed by atoms with Crippen molar-refractivity contribution in [2.24, 2.45) is 7.05 Å². The van der Waals surface area contributed by atoms with Crippen LogP contribution in [0, 0.1) is 6.92 Å². The molecule has 1 aromatic carbocycles. The quantitative estimate of drug-likeness (QED) is 0.298. The molecule has 6 heteroatoms. The molecule has 1 aliphatic rings. The van der Waals surface area contributed by atoms with Crippen molar-refractivity contribution < 1.29 is 4.79 Å². The molecule has 1 fully saturated rings. The van der Waals surface area contributed by atoms with Crippen molar-refractivity contribution >= 4 is 44.1 Å². The first-order valence-corrected chi connectivity index (χ1v) is 14.0. The third-order valence-electron chi connectivity index (χ3n) is 6.98. The van der Waals surface area contributed by atoms with Gasteiger partial charge in [-0.25, -0.2) is 0 Å². The molecule has 0 spiro atoms. The minimum absolute atomic E-state index is 0.0119. The number of thiophene rings is 1. The number of likely N-dealkylation sites (tertiary alicyclic amines) is 1. The van der Waals surface area contributed by atoms with E-state index < -0.39 is 0 Å². The molecule has 0 atom stereocenters. The van der Waals surface area contributed by atoms with Gasteiger partial charge in [-0.3, -0.25) is 9.78 Å². The number of pyridine rings is 1. The molecule has 190 valence electrons. The van der Waals surface area contributed by atoms with Gasteiger partial charge in [-0.2, -0.15) is 0 Å². The zero-order valence-corrected chi connectivity index (χ0v) is 23.1. The van der Waals surface area contributed by atoms with Crippen molar-refractivity contribution in [2.75, 3.05) is 19.6 Å². The van der Waals surface area contributed by atoms with E-state index in [-0.39, 0.29) is 5.91 Å². The van der Waals surface area contributed by atoms with E-state index in [0.717, 1.165) is 59.3 Å². The van der Waals surface area contributed by atoms with Crippen LogP contribution in [0.3, 0.4) is 0 Å². The Morgan fingerprint density at radius 1 is 1.17 bits per heavy atom. The standard InChI is InChI=1S/C28H32N4OS.C2H6/c1-5-11-30-28(33)26-19(3)31(4)24-16-20(8-9-22(24)26)15-21-10-12-29-23-17-25(34-27(21)23)18(2)32-13-6-7-14-32;1-2/h8-10,12,16-17H,2,5-7,11,13-15H2,1,3-4H3,(H,30,33);1-2H3. The number of nitrogens with one attached hydrogen (secondary N) is 1. The molecule has 3 aromatic heterocycles. The highest BCUT2D eigenvalue weighted by Crippen LogP contribution is 2.35. The van der Waals surface area contributed by atoms with Crippen LogP contribution in [0.15, 0.2) is 43.1 Å². The Hall–Kier alpha value is -3.12. The zero-order chi connectivity index (χ0) is 25.8. The number of aryl methyl sites for hydroxylation is 1. The second-order valence-electron chi connectivity index (χ2n) is 9.24. The molecule has 4 aromatic rings. The van der Waals surface area contributed by atoms with E-state index in [1.165, 1.54) is 33.5 Å². The number of hydrogen-bond donors (Lipinski definition) is 1. The highest BCUT2D eigenvalue weighted by Gasteiger charge is 2.20. The zero-order valence-electron chi connectivity index (χ0n) is 22.3. The van der Waals surface area contributed by atoms with Gasteiger partial charge in [0.2, 0.25) is 0 Å². The van der Waals surface area contributed by atoms with Gasteiger partial charge in [-0.15, -0.1) is 11.3 Å². The van der Waals surface area contributed by atoms with E-state index >= 15 is 0 Å². The number of carbonyl (C=O) groups excluding carboxylic acids is 1. The monoisotopic (exact) mass is 502 g/mol. The first kappa shape index (κ1) is 26.0. The number of amides is 1. The average molecular weight is 503 g/mol. The maximum Gasteiger partial charge on any atom is 0.253 e. The Balaban J connectivity index is 0.00000148. The van der Waals surface area contributed by atoms with Crippen molar-refractivity contribution in [2.45, 2.75) is 53.4 Å². The van der Waals surface area contributed by atoms with E-state index in [4.69, 9.17) is 0 Å². The number of carbonyl (C=O) groups is 1. The summed E-state index contributed by atoms with van der Waals surface area (Å²) in [5, 5.41) is 4.04. The Morgan fingerprint density at radius 2 is 1.92 bits per heavy atom. The number of benzene rings is 1. The molecule has 4 heterocycles. The van der Waals surface area contributed by atoms with Crippen LogP contribution in [0.1, 0.15) is 72.1 Å². The second-order valence-corrected chi connectivity index (χ2v) is 10.3. The molecule has 0 aliphatic carbocycles. The van der Waals surface area contributed by atoms with E-state index in [0.29, 0.717) is 6.54 Å². The summed E-state index contributed by atoms with van der Waals surface area (Å²) in [4.78, 5) is 21.0. The fraction of sp³-hybridized carbons (Fsp3) is 0.400. The van der Waals surface area contributed by atoms with E-state index in [1.807, 2.05) is 34.0 Å². The Labute approximate surface area is 218 Å². The molecule has 0 bridgehead atoms. The van der Waals surface area contributed by atoms with Crippen molar-refractivity contribution in [1.82, 2.24) is 19.8 Å². The molecule has 1 saturated heterocycles. The molecule has 1 N–H and O–H groups in total. The van der Waals surface area contributed by atoms with Crippen LogP contribution in [0.25, 0.3) is 26.8 Å². The first-order valence-electron chi connectivity index (χ1n) is 13.2. The molecular formula is C30H38N4OS. The number of fused-ring (bicyclic) bond motifs is 2. The van der Waals surface area contributed by atoms with Crippen molar-refractivity contribution in [3.05, 3.63) is 70.4 Å². The number of hydrogen-bond acceptors (Lipinski definition) is 4. The van der Waals surface area contributed by atoms with Crippen molar-refractivity contribution in [3.63, 3.8) is 0 Å². The fourth-order valence-electron chi connectivity index (χ4n) is 4.97. The van der Waals surface area contributed by atoms with Gasteiger partial charge < -0.3 is 14.8 Å². The van der Waals surface area contributed by atoms with Crippen LogP contribution in [0.4, 0.5) is 0 Å². The van der Waals surface area contributed by atoms with Crippen LogP contribution in [0.2, 0.25) is 0 Å². The van der Waals surface area contributed by atoms with E-state index in [1.54, 1.807) is 11.3 Å². The minimum Gasteiger partial charge on any atom is -0.371 e. The maximum absolute atomic E-state index is 12.8. The summed E-state index contributed by atoms with van der Waals surface area (Å²) >= 11 is 1.80. The lowest BCUT2D eigenvalue weighted by atomic mass is 10.0. The van der Waals surface area contributed by atoms with E-state index in [9.17, 15) is 4.79 Å². The number of nitrogens with zero attached hydrogens (tertiary/aromatic N) is 3. The first-order chi connectivity index (χ1) is 17.5. The molecule has 0 saturated carbocycles. The van der Waals surface area contributed by atoms with Gasteiger partial charge in [0.15, 0.2) is 0 Å². The summed E-state index contributed by atoms with van der Waals surface area (Å²) in [6.45, 7) is 15.4. The average Bonchev–Trinajstić information content (AvgIpc) is 3.64. The normalized spacial score (nSPS) is 13.2. The largest absolute Gasteiger partial charge is 0.371 e. The summed E-state index contributed by atoms with van der Waals surface area (Å²) in [6, 6.07) is 10.8. The lowest BCUT2D eigenvalue weighted by Gasteiger charge is -2.18. The van der Waals surface area contributed by atoms with Gasteiger partial charge in [0.25, 0.3) is 5.91 Å². The third kappa shape index (κ3) is 4.92. The van der Waals surface area contributed by atoms with Gasteiger partial charge >= 0.3 is 0 Å². The maximum atomic E-state index is 12.8. The number of rotatable bonds is 7. The van der Waals surface area contributed by atoms with Gasteiger partial charge in [-0.1, -0.05) is 39.5 Å². The molecule has 36 heavy (non-hydrogen) atoms. The molecular weight excluding hydrogens is 464 g/mol. The molecule has 0 unspecified atom stereocenters. The SMILES string of the molecule is C=C(c1cc2nccc(Cc3ccc4c(C(=O)NCCC)c(C)n(C)c4c3)c2s1)N1CCCC1.CC. The topological polar surface area (TPSA) is 50.2 Å². The Kier molecular flexibility index (Phi) is 8.14. The van der Waals surface area contributed by atoms with Gasteiger partial charge in [-0.05, 0) is 61.9 Å². The predicted molar refractivity (Wildman–Crippen MR) is 154 cm³/mol. The summed E-state index contributed by atoms with van der Waals surface area (Å²) in [6.07, 6.45) is 6.16. The van der Waals surface area contributed by atoms with Crippen LogP contribution in [-0.4, -0.2) is 40.0 Å². The van der Waals surface area contributed by atoms with Crippen LogP contribution in [0.5, 0.6) is 0 Å². The molecule has 5 rings (SSSR count). The van der Waals surface area contributed by atoms with Crippen molar-refractivity contribution in [1.29, 1.82) is 0 Å². The van der Waals surface area contributed by atoms with Crippen LogP contribution in [-0.2, 0) is 13.5 Å². The predicted octanol–water partition coefficient (Wildman–Crippen LogP) is 6.92. The highest BCUT2D eigenvalue weighted by molar-refractivity contribution is 7.20. The highest BCUT2D eigenvalue weighted by atomic mass is 32.1. The summed E-state index contributed by atoms with van der Waals surface area (Å²) in [5.41, 5.74) is 7.55. The van der Waals surface area contributed by atoms with Crippen LogP contribution >= 0.6 is 11.3 Å². The van der Waals surface area contributed by atoms with Crippen molar-refractivity contribution in [3.8, 4) is 0 Å². The summed E-state index contributed by atoms with van der Waals surface area (Å²) < 4.78 is 3.37. The molecule has 5 nitrogen and oxygen atoms in total. The van der Waals surface area contributed by atoms with Gasteiger partial charge in [0.1, 0.15) is 0 Å². The smallest absolute Gasteiger partial charge is 0.253 e. The number of aromatic nitrogens is 2. The van der Waals surface area contributed by atoms with Crippen LogP contribution < -0.4 is 5.32 Å². The van der Waals surface area contributed by atoms with Gasteiger partial charge in [0.05, 0.1) is 20.7 Å². The lowest BCUT2D eigenvalue weighted by molar-refractivity contribution is 0.0954. The Bertz CT molecular complexity index is 1390. The third-order valence-corrected chi connectivity index (χ3v) is 8.23.